The maximum atomic E-state index is 11.3. The molecular weight excluding hydrogens is 202 g/mol. The Balaban J connectivity index is 1.92. The van der Waals surface area contributed by atoms with Crippen molar-refractivity contribution >= 4 is 9.84 Å². The molecule has 0 bridgehead atoms. The summed E-state index contributed by atoms with van der Waals surface area (Å²) in [5, 5.41) is 8.98. The van der Waals surface area contributed by atoms with Crippen LogP contribution in [0.25, 0.3) is 0 Å². The molecule has 4 nitrogen and oxygen atoms in total. The van der Waals surface area contributed by atoms with E-state index in [4.69, 9.17) is 5.11 Å². The lowest BCUT2D eigenvalue weighted by atomic mass is 10.1. The number of hydrogen-bond donors (Lipinski definition) is 1. The fourth-order valence-corrected chi connectivity index (χ4v) is 4.17. The zero-order chi connectivity index (χ0) is 10.2. The molecule has 2 atom stereocenters. The molecule has 0 aromatic rings. The number of hydrogen-bond acceptors (Lipinski definition) is 4. The molecule has 0 aromatic heterocycles. The topological polar surface area (TPSA) is 57.6 Å². The van der Waals surface area contributed by atoms with Crippen molar-refractivity contribution in [2.24, 2.45) is 5.92 Å². The van der Waals surface area contributed by atoms with Gasteiger partial charge in [0.2, 0.25) is 0 Å². The van der Waals surface area contributed by atoms with E-state index in [2.05, 4.69) is 4.90 Å². The second kappa shape index (κ2) is 3.79. The Hall–Kier alpha value is -0.130. The largest absolute Gasteiger partial charge is 0.396 e. The molecule has 0 saturated carbocycles. The average molecular weight is 219 g/mol. The van der Waals surface area contributed by atoms with Crippen LogP contribution in [0.1, 0.15) is 12.8 Å². The second-order valence-corrected chi connectivity index (χ2v) is 6.62. The van der Waals surface area contributed by atoms with E-state index >= 15 is 0 Å². The molecule has 2 rings (SSSR count). The summed E-state index contributed by atoms with van der Waals surface area (Å²) in [7, 11) is -2.76. The van der Waals surface area contributed by atoms with Crippen LogP contribution in [-0.4, -0.2) is 55.7 Å². The molecule has 0 spiro atoms. The first-order chi connectivity index (χ1) is 6.61. The summed E-state index contributed by atoms with van der Waals surface area (Å²) >= 11 is 0. The molecule has 1 N–H and O–H groups in total. The van der Waals surface area contributed by atoms with Gasteiger partial charge in [0, 0.05) is 19.2 Å². The van der Waals surface area contributed by atoms with Crippen LogP contribution in [0.15, 0.2) is 0 Å². The van der Waals surface area contributed by atoms with E-state index in [9.17, 15) is 8.42 Å². The lowest BCUT2D eigenvalue weighted by Crippen LogP contribution is -2.34. The minimum atomic E-state index is -2.76. The van der Waals surface area contributed by atoms with Gasteiger partial charge in [-0.25, -0.2) is 8.42 Å². The molecular formula is C9H17NO3S. The van der Waals surface area contributed by atoms with Crippen molar-refractivity contribution in [1.29, 1.82) is 0 Å². The van der Waals surface area contributed by atoms with Gasteiger partial charge in [0.15, 0.2) is 9.84 Å². The summed E-state index contributed by atoms with van der Waals surface area (Å²) < 4.78 is 22.5. The summed E-state index contributed by atoms with van der Waals surface area (Å²) in [6, 6.07) is 0.219. The molecule has 82 valence electrons. The molecule has 2 fully saturated rings. The highest BCUT2D eigenvalue weighted by Crippen LogP contribution is 2.24. The normalized spacial score (nSPS) is 37.8. The Labute approximate surface area is 84.8 Å². The molecule has 0 radical (unpaired) electrons. The van der Waals surface area contributed by atoms with Gasteiger partial charge in [-0.1, -0.05) is 0 Å². The third-order valence-corrected chi connectivity index (χ3v) is 5.05. The van der Waals surface area contributed by atoms with Crippen molar-refractivity contribution in [1.82, 2.24) is 4.90 Å². The Morgan fingerprint density at radius 2 is 2.14 bits per heavy atom. The molecule has 0 aliphatic carbocycles. The smallest absolute Gasteiger partial charge is 0.151 e. The summed E-state index contributed by atoms with van der Waals surface area (Å²) in [4.78, 5) is 2.23. The molecule has 0 amide bonds. The van der Waals surface area contributed by atoms with Crippen LogP contribution in [-0.2, 0) is 9.84 Å². The maximum absolute atomic E-state index is 11.3. The van der Waals surface area contributed by atoms with Crippen LogP contribution in [0.2, 0.25) is 0 Å². The first-order valence-electron chi connectivity index (χ1n) is 5.16. The molecule has 2 aliphatic rings. The quantitative estimate of drug-likeness (QED) is 0.679. The van der Waals surface area contributed by atoms with Crippen molar-refractivity contribution < 1.29 is 13.5 Å². The third-order valence-electron chi connectivity index (χ3n) is 3.30. The van der Waals surface area contributed by atoms with Crippen molar-refractivity contribution in [2.75, 3.05) is 31.2 Å². The highest BCUT2D eigenvalue weighted by molar-refractivity contribution is 7.91. The van der Waals surface area contributed by atoms with Crippen LogP contribution in [0.3, 0.4) is 0 Å². The fraction of sp³-hybridized carbons (Fsp3) is 1.00. The maximum Gasteiger partial charge on any atom is 0.151 e. The molecule has 2 heterocycles. The number of rotatable bonds is 2. The summed E-state index contributed by atoms with van der Waals surface area (Å²) in [6.07, 6.45) is 1.79. The molecule has 2 unspecified atom stereocenters. The number of sulfone groups is 1. The monoisotopic (exact) mass is 219 g/mol. The minimum absolute atomic E-state index is 0.219. The molecule has 0 aromatic carbocycles. The van der Waals surface area contributed by atoms with Gasteiger partial charge in [0.05, 0.1) is 11.5 Å². The molecule has 2 aliphatic heterocycles. The highest BCUT2D eigenvalue weighted by atomic mass is 32.2. The number of aliphatic hydroxyl groups is 1. The van der Waals surface area contributed by atoms with Crippen molar-refractivity contribution in [3.05, 3.63) is 0 Å². The van der Waals surface area contributed by atoms with E-state index in [-0.39, 0.29) is 12.6 Å². The van der Waals surface area contributed by atoms with Crippen molar-refractivity contribution in [3.63, 3.8) is 0 Å². The van der Waals surface area contributed by atoms with Gasteiger partial charge in [-0.2, -0.15) is 0 Å². The Bertz CT molecular complexity index is 301. The van der Waals surface area contributed by atoms with E-state index in [1.54, 1.807) is 0 Å². The van der Waals surface area contributed by atoms with Crippen molar-refractivity contribution in [3.8, 4) is 0 Å². The Morgan fingerprint density at radius 3 is 2.64 bits per heavy atom. The van der Waals surface area contributed by atoms with E-state index in [0.717, 1.165) is 25.9 Å². The Morgan fingerprint density at radius 1 is 1.36 bits per heavy atom. The molecule has 5 heteroatoms. The van der Waals surface area contributed by atoms with Gasteiger partial charge in [-0.3, -0.25) is 4.90 Å². The first-order valence-corrected chi connectivity index (χ1v) is 6.98. The lowest BCUT2D eigenvalue weighted by Gasteiger charge is -2.22. The van der Waals surface area contributed by atoms with Crippen molar-refractivity contribution in [2.45, 2.75) is 18.9 Å². The van der Waals surface area contributed by atoms with E-state index in [0.29, 0.717) is 17.4 Å². The SMILES string of the molecule is O=S1(=O)CCC(N2CCC(CO)C2)C1. The van der Waals surface area contributed by atoms with Crippen LogP contribution >= 0.6 is 0 Å². The number of aliphatic hydroxyl groups excluding tert-OH is 1. The van der Waals surface area contributed by atoms with Gasteiger partial charge in [-0.05, 0) is 25.3 Å². The first kappa shape index (κ1) is 10.4. The second-order valence-electron chi connectivity index (χ2n) is 4.39. The zero-order valence-electron chi connectivity index (χ0n) is 8.22. The molecule has 2 saturated heterocycles. The number of likely N-dealkylation sites (tertiary alicyclic amines) is 1. The summed E-state index contributed by atoms with van der Waals surface area (Å²) in [6.45, 7) is 2.05. The van der Waals surface area contributed by atoms with E-state index < -0.39 is 9.84 Å². The standard InChI is InChI=1S/C9H17NO3S/c11-6-8-1-3-10(5-8)9-2-4-14(12,13)7-9/h8-9,11H,1-7H2. The average Bonchev–Trinajstić information content (AvgIpc) is 2.70. The van der Waals surface area contributed by atoms with Crippen LogP contribution in [0.4, 0.5) is 0 Å². The highest BCUT2D eigenvalue weighted by Gasteiger charge is 2.35. The summed E-state index contributed by atoms with van der Waals surface area (Å²) in [5.41, 5.74) is 0. The lowest BCUT2D eigenvalue weighted by molar-refractivity contribution is 0.205. The predicted molar refractivity (Wildman–Crippen MR) is 53.8 cm³/mol. The number of nitrogens with zero attached hydrogens (tertiary/aromatic N) is 1. The van der Waals surface area contributed by atoms with E-state index in [1.165, 1.54) is 0 Å². The van der Waals surface area contributed by atoms with Gasteiger partial charge < -0.3 is 5.11 Å². The van der Waals surface area contributed by atoms with E-state index in [1.807, 2.05) is 0 Å². The summed E-state index contributed by atoms with van der Waals surface area (Å²) in [5.74, 6) is 1.03. The zero-order valence-corrected chi connectivity index (χ0v) is 9.04. The van der Waals surface area contributed by atoms with Crippen LogP contribution in [0.5, 0.6) is 0 Å². The van der Waals surface area contributed by atoms with Gasteiger partial charge >= 0.3 is 0 Å². The third kappa shape index (κ3) is 2.10. The predicted octanol–water partition coefficient (Wildman–Crippen LogP) is -0.512. The van der Waals surface area contributed by atoms with Gasteiger partial charge in [-0.15, -0.1) is 0 Å². The fourth-order valence-electron chi connectivity index (χ4n) is 2.41. The Kier molecular flexibility index (Phi) is 2.81. The van der Waals surface area contributed by atoms with Crippen LogP contribution < -0.4 is 0 Å². The van der Waals surface area contributed by atoms with Gasteiger partial charge in [0.25, 0.3) is 0 Å². The van der Waals surface area contributed by atoms with Gasteiger partial charge in [0.1, 0.15) is 0 Å². The van der Waals surface area contributed by atoms with Crippen LogP contribution in [0, 0.1) is 5.92 Å². The molecule has 14 heavy (non-hydrogen) atoms. The minimum Gasteiger partial charge on any atom is -0.396 e.